The predicted molar refractivity (Wildman–Crippen MR) is 84.0 cm³/mol. The van der Waals surface area contributed by atoms with Gasteiger partial charge in [0.1, 0.15) is 0 Å². The number of ketones is 1. The number of halogens is 1. The zero-order valence-electron chi connectivity index (χ0n) is 11.7. The molecule has 0 saturated carbocycles. The lowest BCUT2D eigenvalue weighted by molar-refractivity contribution is -0.384. The first-order valence-electron chi connectivity index (χ1n) is 6.60. The first kappa shape index (κ1) is 15.1. The molecule has 2 aromatic carbocycles. The lowest BCUT2D eigenvalue weighted by Gasteiger charge is -2.01. The number of allylic oxidation sites excluding steroid dienone is 1. The predicted octanol–water partition coefficient (Wildman–Crippen LogP) is 3.87. The molecular formula is C16H10ClNO5. The Hall–Kier alpha value is -2.86. The van der Waals surface area contributed by atoms with Crippen molar-refractivity contribution in [2.24, 2.45) is 0 Å². The van der Waals surface area contributed by atoms with E-state index in [0.29, 0.717) is 27.6 Å². The lowest BCUT2D eigenvalue weighted by Crippen LogP contribution is -1.95. The highest BCUT2D eigenvalue weighted by Crippen LogP contribution is 2.40. The number of nitro benzene ring substituents is 1. The van der Waals surface area contributed by atoms with Gasteiger partial charge >= 0.3 is 0 Å². The van der Waals surface area contributed by atoms with Crippen molar-refractivity contribution in [3.8, 4) is 11.5 Å². The molecule has 0 bridgehead atoms. The fourth-order valence-corrected chi connectivity index (χ4v) is 2.37. The summed E-state index contributed by atoms with van der Waals surface area (Å²) in [5.41, 5.74) is 0.987. The number of nitrogens with zero attached hydrogens (tertiary/aromatic N) is 1. The third-order valence-corrected chi connectivity index (χ3v) is 3.52. The van der Waals surface area contributed by atoms with E-state index in [-0.39, 0.29) is 18.3 Å². The molecular weight excluding hydrogens is 322 g/mol. The third-order valence-electron chi connectivity index (χ3n) is 3.24. The number of hydrogen-bond acceptors (Lipinski definition) is 5. The van der Waals surface area contributed by atoms with Gasteiger partial charge in [0.05, 0.1) is 9.95 Å². The van der Waals surface area contributed by atoms with Gasteiger partial charge < -0.3 is 9.47 Å². The molecule has 0 spiro atoms. The van der Waals surface area contributed by atoms with Crippen molar-refractivity contribution in [2.75, 3.05) is 6.79 Å². The zero-order chi connectivity index (χ0) is 16.4. The number of non-ortho nitro benzene ring substituents is 1. The number of benzene rings is 2. The Labute approximate surface area is 136 Å². The van der Waals surface area contributed by atoms with E-state index in [2.05, 4.69) is 0 Å². The molecule has 6 nitrogen and oxygen atoms in total. The first-order valence-corrected chi connectivity index (χ1v) is 6.98. The first-order chi connectivity index (χ1) is 11.0. The Morgan fingerprint density at radius 2 is 1.96 bits per heavy atom. The molecule has 116 valence electrons. The summed E-state index contributed by atoms with van der Waals surface area (Å²) in [6.45, 7) is 0.115. The van der Waals surface area contributed by atoms with Gasteiger partial charge in [0, 0.05) is 17.7 Å². The van der Waals surface area contributed by atoms with Crippen molar-refractivity contribution in [1.82, 2.24) is 0 Å². The molecule has 2 aromatic rings. The van der Waals surface area contributed by atoms with Gasteiger partial charge in [-0.05, 0) is 35.9 Å². The molecule has 0 aromatic heterocycles. The molecule has 0 N–H and O–H groups in total. The second-order valence-electron chi connectivity index (χ2n) is 4.74. The van der Waals surface area contributed by atoms with Gasteiger partial charge in [-0.2, -0.15) is 0 Å². The minimum Gasteiger partial charge on any atom is -0.454 e. The summed E-state index contributed by atoms with van der Waals surface area (Å²) in [6, 6.07) is 8.79. The van der Waals surface area contributed by atoms with Crippen LogP contribution in [0.25, 0.3) is 6.08 Å². The largest absolute Gasteiger partial charge is 0.454 e. The quantitative estimate of drug-likeness (QED) is 0.368. The molecule has 0 amide bonds. The van der Waals surface area contributed by atoms with E-state index in [0.717, 1.165) is 0 Å². The molecule has 0 atom stereocenters. The van der Waals surface area contributed by atoms with E-state index in [1.165, 1.54) is 30.3 Å². The third kappa shape index (κ3) is 3.17. The van der Waals surface area contributed by atoms with Gasteiger partial charge in [-0.3, -0.25) is 14.9 Å². The molecule has 1 aliphatic rings. The molecule has 0 aliphatic carbocycles. The topological polar surface area (TPSA) is 78.7 Å². The average Bonchev–Trinajstić information content (AvgIpc) is 3.02. The average molecular weight is 332 g/mol. The molecule has 0 fully saturated rings. The van der Waals surface area contributed by atoms with Gasteiger partial charge in [-0.1, -0.05) is 17.7 Å². The van der Waals surface area contributed by atoms with Crippen LogP contribution in [-0.4, -0.2) is 17.5 Å². The zero-order valence-corrected chi connectivity index (χ0v) is 12.4. The number of carbonyl (C=O) groups is 1. The maximum Gasteiger partial charge on any atom is 0.269 e. The smallest absolute Gasteiger partial charge is 0.269 e. The van der Waals surface area contributed by atoms with Gasteiger partial charge in [0.2, 0.25) is 6.79 Å². The standard InChI is InChI=1S/C16H10ClNO5/c17-13-7-10(8-15-16(13)23-9-22-15)1-6-14(19)11-2-4-12(5-3-11)18(20)21/h1-8H,9H2/b6-1+. The molecule has 0 unspecified atom stereocenters. The molecule has 7 heteroatoms. The number of carbonyl (C=O) groups excluding carboxylic acids is 1. The number of ether oxygens (including phenoxy) is 2. The van der Waals surface area contributed by atoms with Crippen molar-refractivity contribution >= 4 is 29.1 Å². The molecule has 1 aliphatic heterocycles. The summed E-state index contributed by atoms with van der Waals surface area (Å²) in [5, 5.41) is 11.0. The number of fused-ring (bicyclic) bond motifs is 1. The molecule has 0 saturated heterocycles. The van der Waals surface area contributed by atoms with Crippen molar-refractivity contribution in [3.63, 3.8) is 0 Å². The Morgan fingerprint density at radius 1 is 1.22 bits per heavy atom. The highest BCUT2D eigenvalue weighted by Gasteiger charge is 2.17. The lowest BCUT2D eigenvalue weighted by atomic mass is 10.1. The molecule has 23 heavy (non-hydrogen) atoms. The maximum atomic E-state index is 12.1. The van der Waals surface area contributed by atoms with Crippen molar-refractivity contribution in [2.45, 2.75) is 0 Å². The van der Waals surface area contributed by atoms with Crippen molar-refractivity contribution in [1.29, 1.82) is 0 Å². The van der Waals surface area contributed by atoms with Crippen LogP contribution in [0.4, 0.5) is 5.69 Å². The second-order valence-corrected chi connectivity index (χ2v) is 5.15. The molecule has 3 rings (SSSR count). The van der Waals surface area contributed by atoms with Gasteiger partial charge in [0.15, 0.2) is 17.3 Å². The highest BCUT2D eigenvalue weighted by atomic mass is 35.5. The van der Waals surface area contributed by atoms with Gasteiger partial charge in [-0.25, -0.2) is 0 Å². The van der Waals surface area contributed by atoms with Crippen LogP contribution in [-0.2, 0) is 0 Å². The van der Waals surface area contributed by atoms with E-state index < -0.39 is 4.92 Å². The van der Waals surface area contributed by atoms with E-state index >= 15 is 0 Å². The Kier molecular flexibility index (Phi) is 3.99. The van der Waals surface area contributed by atoms with Crippen LogP contribution in [0.2, 0.25) is 5.02 Å². The molecule has 0 radical (unpaired) electrons. The Bertz CT molecular complexity index is 814. The number of nitro groups is 1. The SMILES string of the molecule is O=C(/C=C/c1cc(Cl)c2c(c1)OCO2)c1ccc([N+](=O)[O-])cc1. The van der Waals surface area contributed by atoms with E-state index in [4.69, 9.17) is 21.1 Å². The summed E-state index contributed by atoms with van der Waals surface area (Å²) < 4.78 is 10.5. The fourth-order valence-electron chi connectivity index (χ4n) is 2.10. The fraction of sp³-hybridized carbons (Fsp3) is 0.0625. The van der Waals surface area contributed by atoms with Crippen LogP contribution >= 0.6 is 11.6 Å². The number of hydrogen-bond donors (Lipinski definition) is 0. The summed E-state index contributed by atoms with van der Waals surface area (Å²) >= 11 is 6.07. The monoisotopic (exact) mass is 331 g/mol. The van der Waals surface area contributed by atoms with Crippen LogP contribution < -0.4 is 9.47 Å². The van der Waals surface area contributed by atoms with Crippen LogP contribution in [0.3, 0.4) is 0 Å². The normalized spacial score (nSPS) is 12.6. The van der Waals surface area contributed by atoms with Crippen molar-refractivity contribution in [3.05, 3.63) is 68.7 Å². The van der Waals surface area contributed by atoms with Gasteiger partial charge in [0.25, 0.3) is 5.69 Å². The van der Waals surface area contributed by atoms with Gasteiger partial charge in [-0.15, -0.1) is 0 Å². The van der Waals surface area contributed by atoms with Crippen LogP contribution in [0, 0.1) is 10.1 Å². The summed E-state index contributed by atoms with van der Waals surface area (Å²) in [5.74, 6) is 0.749. The van der Waals surface area contributed by atoms with E-state index in [1.54, 1.807) is 18.2 Å². The van der Waals surface area contributed by atoms with Crippen molar-refractivity contribution < 1.29 is 19.2 Å². The van der Waals surface area contributed by atoms with Crippen LogP contribution in [0.15, 0.2) is 42.5 Å². The summed E-state index contributed by atoms with van der Waals surface area (Å²) in [4.78, 5) is 22.1. The Morgan fingerprint density at radius 3 is 2.65 bits per heavy atom. The molecule has 1 heterocycles. The van der Waals surface area contributed by atoms with E-state index in [9.17, 15) is 14.9 Å². The van der Waals surface area contributed by atoms with Crippen LogP contribution in [0.5, 0.6) is 11.5 Å². The minimum absolute atomic E-state index is 0.0620. The van der Waals surface area contributed by atoms with E-state index in [1.807, 2.05) is 0 Å². The summed E-state index contributed by atoms with van der Waals surface area (Å²) in [7, 11) is 0. The van der Waals surface area contributed by atoms with Crippen LogP contribution in [0.1, 0.15) is 15.9 Å². The summed E-state index contributed by atoms with van der Waals surface area (Å²) in [6.07, 6.45) is 2.96. The Balaban J connectivity index is 1.78. The minimum atomic E-state index is -0.515. The number of rotatable bonds is 4. The maximum absolute atomic E-state index is 12.1. The second kappa shape index (κ2) is 6.10. The highest BCUT2D eigenvalue weighted by molar-refractivity contribution is 6.32.